The summed E-state index contributed by atoms with van der Waals surface area (Å²) in [6, 6.07) is 13.8. The molecule has 0 radical (unpaired) electrons. The predicted molar refractivity (Wildman–Crippen MR) is 105 cm³/mol. The molecule has 1 heterocycles. The summed E-state index contributed by atoms with van der Waals surface area (Å²) in [7, 11) is 1.46. The van der Waals surface area contributed by atoms with E-state index in [1.165, 1.54) is 13.2 Å². The van der Waals surface area contributed by atoms with E-state index in [0.29, 0.717) is 16.6 Å². The van der Waals surface area contributed by atoms with Gasteiger partial charge in [-0.1, -0.05) is 43.0 Å². The lowest BCUT2D eigenvalue weighted by molar-refractivity contribution is -0.149. The third-order valence-corrected chi connectivity index (χ3v) is 4.53. The van der Waals surface area contributed by atoms with Crippen LogP contribution in [-0.4, -0.2) is 23.3 Å². The van der Waals surface area contributed by atoms with Gasteiger partial charge in [-0.3, -0.25) is 4.79 Å². The van der Waals surface area contributed by atoms with E-state index in [0.717, 1.165) is 11.1 Å². The van der Waals surface area contributed by atoms with E-state index in [-0.39, 0.29) is 12.4 Å². The number of carbonyl (C=O) groups is 1. The molecule has 0 amide bonds. The molecule has 0 spiro atoms. The average Bonchev–Trinajstić information content (AvgIpc) is 2.66. The first-order valence-electron chi connectivity index (χ1n) is 8.33. The fourth-order valence-electron chi connectivity index (χ4n) is 2.95. The van der Waals surface area contributed by atoms with Crippen molar-refractivity contribution < 1.29 is 19.4 Å². The first-order valence-corrected chi connectivity index (χ1v) is 8.74. The van der Waals surface area contributed by atoms with Gasteiger partial charge in [-0.15, -0.1) is 0 Å². The Bertz CT molecular complexity index is 870. The lowest BCUT2D eigenvalue weighted by atomic mass is 9.89. The Labute approximate surface area is 162 Å². The topological polar surface area (TPSA) is 79.8 Å². The van der Waals surface area contributed by atoms with Gasteiger partial charge in [-0.2, -0.15) is 0 Å². The predicted octanol–water partition coefficient (Wildman–Crippen LogP) is 2.79. The van der Waals surface area contributed by atoms with Gasteiger partial charge in [0.15, 0.2) is 16.6 Å². The number of ether oxygens (including phenoxy) is 2. The maximum atomic E-state index is 12.8. The Morgan fingerprint density at radius 3 is 2.70 bits per heavy atom. The van der Waals surface area contributed by atoms with Gasteiger partial charge in [-0.05, 0) is 35.5 Å². The van der Waals surface area contributed by atoms with Crippen molar-refractivity contribution in [1.82, 2.24) is 10.6 Å². The van der Waals surface area contributed by atoms with Crippen molar-refractivity contribution in [3.63, 3.8) is 0 Å². The maximum Gasteiger partial charge on any atom is 0.317 e. The number of esters is 1. The number of aromatic hydroxyl groups is 1. The number of phenolic OH excluding ortho intramolecular Hbond substituents is 1. The van der Waals surface area contributed by atoms with Gasteiger partial charge in [-0.25, -0.2) is 0 Å². The minimum absolute atomic E-state index is 0.0137. The van der Waals surface area contributed by atoms with Crippen LogP contribution in [0, 0.1) is 5.92 Å². The van der Waals surface area contributed by atoms with Crippen LogP contribution in [0.2, 0.25) is 0 Å². The quantitative estimate of drug-likeness (QED) is 0.540. The molecule has 6 nitrogen and oxygen atoms in total. The highest BCUT2D eigenvalue weighted by atomic mass is 32.1. The van der Waals surface area contributed by atoms with Crippen LogP contribution in [0.5, 0.6) is 11.5 Å². The van der Waals surface area contributed by atoms with Gasteiger partial charge in [0.2, 0.25) is 0 Å². The van der Waals surface area contributed by atoms with Gasteiger partial charge in [0.1, 0.15) is 12.5 Å². The summed E-state index contributed by atoms with van der Waals surface area (Å²) >= 11 is 5.21. The fraction of sp³-hybridized carbons (Fsp3) is 0.200. The van der Waals surface area contributed by atoms with E-state index < -0.39 is 17.9 Å². The highest BCUT2D eigenvalue weighted by molar-refractivity contribution is 7.80. The van der Waals surface area contributed by atoms with Crippen LogP contribution in [0.4, 0.5) is 0 Å². The first kappa shape index (κ1) is 18.7. The van der Waals surface area contributed by atoms with Crippen LogP contribution < -0.4 is 15.4 Å². The van der Waals surface area contributed by atoms with Gasteiger partial charge in [0.05, 0.1) is 13.2 Å². The maximum absolute atomic E-state index is 12.8. The lowest BCUT2D eigenvalue weighted by Crippen LogP contribution is -2.50. The van der Waals surface area contributed by atoms with E-state index in [2.05, 4.69) is 17.2 Å². The Balaban J connectivity index is 1.84. The van der Waals surface area contributed by atoms with E-state index in [1.807, 2.05) is 30.3 Å². The number of benzene rings is 2. The highest BCUT2D eigenvalue weighted by Gasteiger charge is 2.38. The van der Waals surface area contributed by atoms with Crippen LogP contribution in [0.25, 0.3) is 0 Å². The molecule has 0 aromatic heterocycles. The van der Waals surface area contributed by atoms with Crippen molar-refractivity contribution in [2.75, 3.05) is 7.11 Å². The molecule has 2 aromatic carbocycles. The summed E-state index contributed by atoms with van der Waals surface area (Å²) in [6.45, 7) is 4.10. The number of hydrogen-bond donors (Lipinski definition) is 3. The Morgan fingerprint density at radius 2 is 2.00 bits per heavy atom. The molecule has 0 bridgehead atoms. The second-order valence-corrected chi connectivity index (χ2v) is 6.51. The molecule has 1 saturated heterocycles. The fourth-order valence-corrected chi connectivity index (χ4v) is 3.20. The lowest BCUT2D eigenvalue weighted by Gasteiger charge is -2.35. The zero-order valence-corrected chi connectivity index (χ0v) is 15.6. The molecule has 0 unspecified atom stereocenters. The molecular formula is C20H20N2O4S. The third kappa shape index (κ3) is 4.20. The SMILES string of the molecule is C=C1NC(=S)N[C@@H](c2ccc(O)c(OC)c2)[C@@H]1C(=O)OCc1ccccc1. The van der Waals surface area contributed by atoms with E-state index in [4.69, 9.17) is 21.7 Å². The summed E-state index contributed by atoms with van der Waals surface area (Å²) in [5, 5.41) is 16.2. The second-order valence-electron chi connectivity index (χ2n) is 6.10. The van der Waals surface area contributed by atoms with Gasteiger partial charge in [0, 0.05) is 5.70 Å². The second kappa shape index (κ2) is 8.09. The molecule has 0 saturated carbocycles. The third-order valence-electron chi connectivity index (χ3n) is 4.31. The van der Waals surface area contributed by atoms with Crippen molar-refractivity contribution in [1.29, 1.82) is 0 Å². The minimum atomic E-state index is -0.699. The van der Waals surface area contributed by atoms with Crippen molar-refractivity contribution in [2.24, 2.45) is 5.92 Å². The normalized spacial score (nSPS) is 19.0. The van der Waals surface area contributed by atoms with Gasteiger partial charge in [0.25, 0.3) is 0 Å². The minimum Gasteiger partial charge on any atom is -0.504 e. The summed E-state index contributed by atoms with van der Waals surface area (Å²) < 4.78 is 10.7. The van der Waals surface area contributed by atoms with Crippen molar-refractivity contribution in [2.45, 2.75) is 12.6 Å². The van der Waals surface area contributed by atoms with Crippen LogP contribution in [-0.2, 0) is 16.1 Å². The average molecular weight is 384 g/mol. The van der Waals surface area contributed by atoms with Crippen LogP contribution >= 0.6 is 12.2 Å². The van der Waals surface area contributed by atoms with Crippen LogP contribution in [0.3, 0.4) is 0 Å². The summed E-state index contributed by atoms with van der Waals surface area (Å²) in [5.41, 5.74) is 2.07. The highest BCUT2D eigenvalue weighted by Crippen LogP contribution is 2.35. The molecule has 0 aliphatic carbocycles. The molecule has 1 aliphatic heterocycles. The molecule has 1 aliphatic rings. The Hall–Kier alpha value is -3.06. The van der Waals surface area contributed by atoms with E-state index >= 15 is 0 Å². The molecular weight excluding hydrogens is 364 g/mol. The standard InChI is InChI=1S/C20H20N2O4S/c1-12-17(19(24)26-11-13-6-4-3-5-7-13)18(22-20(27)21-12)14-8-9-15(23)16(10-14)25-2/h3-10,17-18,23H,1,11H2,2H3,(H2,21,22,27)/t17-,18+/m1/s1. The molecule has 1 fully saturated rings. The van der Waals surface area contributed by atoms with Gasteiger partial charge >= 0.3 is 5.97 Å². The van der Waals surface area contributed by atoms with Crippen LogP contribution in [0.1, 0.15) is 17.2 Å². The van der Waals surface area contributed by atoms with E-state index in [1.54, 1.807) is 12.1 Å². The Kier molecular flexibility index (Phi) is 5.61. The summed E-state index contributed by atoms with van der Waals surface area (Å²) in [6.07, 6.45) is 0. The monoisotopic (exact) mass is 384 g/mol. The van der Waals surface area contributed by atoms with Crippen molar-refractivity contribution in [3.8, 4) is 11.5 Å². The number of hydrogen-bond acceptors (Lipinski definition) is 5. The van der Waals surface area contributed by atoms with Crippen molar-refractivity contribution >= 4 is 23.3 Å². The van der Waals surface area contributed by atoms with Crippen LogP contribution in [0.15, 0.2) is 60.8 Å². The number of rotatable bonds is 5. The molecule has 2 aromatic rings. The molecule has 3 N–H and O–H groups in total. The number of carbonyl (C=O) groups excluding carboxylic acids is 1. The van der Waals surface area contributed by atoms with Crippen molar-refractivity contribution in [3.05, 3.63) is 71.9 Å². The molecule has 7 heteroatoms. The molecule has 3 rings (SSSR count). The molecule has 2 atom stereocenters. The van der Waals surface area contributed by atoms with E-state index in [9.17, 15) is 9.90 Å². The smallest absolute Gasteiger partial charge is 0.317 e. The summed E-state index contributed by atoms with van der Waals surface area (Å²) in [4.78, 5) is 12.8. The molecule has 27 heavy (non-hydrogen) atoms. The zero-order chi connectivity index (χ0) is 19.4. The largest absolute Gasteiger partial charge is 0.504 e. The Morgan fingerprint density at radius 1 is 1.26 bits per heavy atom. The first-order chi connectivity index (χ1) is 13.0. The summed E-state index contributed by atoms with van der Waals surface area (Å²) in [5.74, 6) is -0.807. The zero-order valence-electron chi connectivity index (χ0n) is 14.8. The number of nitrogens with one attached hydrogen (secondary N) is 2. The number of methoxy groups -OCH3 is 1. The number of thiocarbonyl (C=S) groups is 1. The molecule has 140 valence electrons. The van der Waals surface area contributed by atoms with Gasteiger partial charge < -0.3 is 25.2 Å². The number of phenols is 1.